The highest BCUT2D eigenvalue weighted by Crippen LogP contribution is 2.34. The van der Waals surface area contributed by atoms with Gasteiger partial charge in [-0.2, -0.15) is 23.3 Å². The molecule has 27 heavy (non-hydrogen) atoms. The first-order valence-electron chi connectivity index (χ1n) is 7.94. The molecule has 2 N–H and O–H groups in total. The van der Waals surface area contributed by atoms with E-state index in [2.05, 4.69) is 25.8 Å². The van der Waals surface area contributed by atoms with Crippen LogP contribution in [0.15, 0.2) is 48.7 Å². The van der Waals surface area contributed by atoms with Crippen LogP contribution in [0.25, 0.3) is 0 Å². The van der Waals surface area contributed by atoms with Crippen LogP contribution in [0.2, 0.25) is 5.02 Å². The summed E-state index contributed by atoms with van der Waals surface area (Å²) in [4.78, 5) is 4.20. The predicted octanol–water partition coefficient (Wildman–Crippen LogP) is 5.21. The molecule has 0 fully saturated rings. The summed E-state index contributed by atoms with van der Waals surface area (Å²) in [5.41, 5.74) is 1.44. The van der Waals surface area contributed by atoms with Crippen molar-refractivity contribution in [2.24, 2.45) is 0 Å². The van der Waals surface area contributed by atoms with E-state index in [0.717, 1.165) is 23.3 Å². The fourth-order valence-electron chi connectivity index (χ4n) is 2.38. The third-order valence-electron chi connectivity index (χ3n) is 3.65. The lowest BCUT2D eigenvalue weighted by Gasteiger charge is -2.12. The van der Waals surface area contributed by atoms with Crippen LogP contribution < -0.4 is 10.6 Å². The monoisotopic (exact) mass is 393 g/mol. The molecule has 0 saturated carbocycles. The zero-order valence-corrected chi connectivity index (χ0v) is 14.9. The van der Waals surface area contributed by atoms with E-state index in [1.807, 2.05) is 31.2 Å². The van der Waals surface area contributed by atoms with E-state index in [9.17, 15) is 13.2 Å². The van der Waals surface area contributed by atoms with Crippen molar-refractivity contribution < 1.29 is 13.2 Å². The maximum Gasteiger partial charge on any atom is 0.416 e. The van der Waals surface area contributed by atoms with Crippen molar-refractivity contribution in [3.63, 3.8) is 0 Å². The van der Waals surface area contributed by atoms with Gasteiger partial charge in [-0.3, -0.25) is 0 Å². The minimum Gasteiger partial charge on any atom is -0.349 e. The molecule has 9 heteroatoms. The van der Waals surface area contributed by atoms with Gasteiger partial charge in [0.25, 0.3) is 0 Å². The Morgan fingerprint density at radius 1 is 1.11 bits per heavy atom. The van der Waals surface area contributed by atoms with Gasteiger partial charge in [0.15, 0.2) is 5.82 Å². The quantitative estimate of drug-likeness (QED) is 0.623. The Bertz CT molecular complexity index is 946. The number of anilines is 3. The number of alkyl halides is 3. The van der Waals surface area contributed by atoms with Gasteiger partial charge in [0.1, 0.15) is 0 Å². The van der Waals surface area contributed by atoms with Crippen molar-refractivity contribution in [2.75, 3.05) is 10.6 Å². The second-order valence-corrected chi connectivity index (χ2v) is 6.23. The first-order valence-corrected chi connectivity index (χ1v) is 8.32. The van der Waals surface area contributed by atoms with Crippen LogP contribution in [0.3, 0.4) is 0 Å². The van der Waals surface area contributed by atoms with Crippen molar-refractivity contribution in [1.29, 1.82) is 0 Å². The number of aryl methyl sites for hydroxylation is 1. The summed E-state index contributed by atoms with van der Waals surface area (Å²) >= 11 is 5.98. The van der Waals surface area contributed by atoms with Gasteiger partial charge in [-0.05, 0) is 30.7 Å². The fraction of sp³-hybridized carbons (Fsp3) is 0.167. The van der Waals surface area contributed by atoms with Crippen LogP contribution in [-0.4, -0.2) is 15.2 Å². The number of nitrogens with zero attached hydrogens (tertiary/aromatic N) is 3. The maximum absolute atomic E-state index is 12.9. The molecule has 5 nitrogen and oxygen atoms in total. The lowest BCUT2D eigenvalue weighted by atomic mass is 10.1. The number of hydrogen-bond acceptors (Lipinski definition) is 5. The molecule has 1 heterocycles. The van der Waals surface area contributed by atoms with Crippen LogP contribution in [0.1, 0.15) is 16.7 Å². The lowest BCUT2D eigenvalue weighted by Crippen LogP contribution is -2.08. The van der Waals surface area contributed by atoms with E-state index in [0.29, 0.717) is 6.54 Å². The van der Waals surface area contributed by atoms with Gasteiger partial charge in [0.2, 0.25) is 5.95 Å². The Labute approximate surface area is 158 Å². The molecule has 0 aliphatic carbocycles. The van der Waals surface area contributed by atoms with Gasteiger partial charge < -0.3 is 10.6 Å². The summed E-state index contributed by atoms with van der Waals surface area (Å²) in [5.74, 6) is 0.461. The Hall–Kier alpha value is -2.87. The average molecular weight is 394 g/mol. The molecule has 2 aromatic carbocycles. The van der Waals surface area contributed by atoms with Crippen molar-refractivity contribution in [1.82, 2.24) is 15.2 Å². The second-order valence-electron chi connectivity index (χ2n) is 5.83. The normalized spacial score (nSPS) is 11.3. The van der Waals surface area contributed by atoms with E-state index < -0.39 is 11.7 Å². The van der Waals surface area contributed by atoms with Crippen molar-refractivity contribution in [3.05, 3.63) is 70.4 Å². The van der Waals surface area contributed by atoms with Crippen molar-refractivity contribution in [3.8, 4) is 0 Å². The Morgan fingerprint density at radius 3 is 2.67 bits per heavy atom. The third kappa shape index (κ3) is 5.07. The number of halogens is 4. The predicted molar refractivity (Wildman–Crippen MR) is 98.1 cm³/mol. The van der Waals surface area contributed by atoms with Gasteiger partial charge in [-0.1, -0.05) is 41.4 Å². The molecule has 0 amide bonds. The van der Waals surface area contributed by atoms with Gasteiger partial charge in [0.05, 0.1) is 22.5 Å². The molecule has 0 aliphatic heterocycles. The number of rotatable bonds is 5. The minimum absolute atomic E-state index is 0.0802. The zero-order valence-electron chi connectivity index (χ0n) is 14.2. The molecule has 3 aromatic rings. The van der Waals surface area contributed by atoms with Crippen molar-refractivity contribution in [2.45, 2.75) is 19.6 Å². The Kier molecular flexibility index (Phi) is 5.46. The molecule has 1 aromatic heterocycles. The highest BCUT2D eigenvalue weighted by molar-refractivity contribution is 6.33. The Balaban J connectivity index is 1.74. The number of hydrogen-bond donors (Lipinski definition) is 2. The minimum atomic E-state index is -4.47. The molecule has 0 radical (unpaired) electrons. The second kappa shape index (κ2) is 7.79. The molecule has 140 valence electrons. The molecule has 0 saturated heterocycles. The summed E-state index contributed by atoms with van der Waals surface area (Å²) in [6.07, 6.45) is -3.17. The Morgan fingerprint density at radius 2 is 1.93 bits per heavy atom. The third-order valence-corrected chi connectivity index (χ3v) is 3.98. The largest absolute Gasteiger partial charge is 0.416 e. The summed E-state index contributed by atoms with van der Waals surface area (Å²) in [7, 11) is 0. The molecule has 0 unspecified atom stereocenters. The lowest BCUT2D eigenvalue weighted by molar-refractivity contribution is -0.137. The van der Waals surface area contributed by atoms with E-state index >= 15 is 0 Å². The molecular weight excluding hydrogens is 379 g/mol. The van der Waals surface area contributed by atoms with Crippen LogP contribution in [0.4, 0.5) is 30.6 Å². The van der Waals surface area contributed by atoms with E-state index in [1.165, 1.54) is 12.3 Å². The molecular formula is C18H15ClF3N5. The molecule has 0 spiro atoms. The van der Waals surface area contributed by atoms with Gasteiger partial charge >= 0.3 is 6.18 Å². The molecule has 0 aliphatic rings. The van der Waals surface area contributed by atoms with Crippen LogP contribution in [0.5, 0.6) is 0 Å². The highest BCUT2D eigenvalue weighted by atomic mass is 35.5. The van der Waals surface area contributed by atoms with Crippen molar-refractivity contribution >= 4 is 29.1 Å². The van der Waals surface area contributed by atoms with Crippen LogP contribution >= 0.6 is 11.6 Å². The summed E-state index contributed by atoms with van der Waals surface area (Å²) < 4.78 is 38.6. The van der Waals surface area contributed by atoms with Gasteiger partial charge in [-0.15, -0.1) is 5.10 Å². The molecule has 0 bridgehead atoms. The average Bonchev–Trinajstić information content (AvgIpc) is 2.61. The van der Waals surface area contributed by atoms with E-state index in [1.54, 1.807) is 0 Å². The standard InChI is InChI=1S/C18H15ClF3N5/c1-11-3-2-4-12(7-11)9-23-17-26-16(10-24-27-17)25-15-8-13(18(20,21)22)5-6-14(15)19/h2-8,10H,9H2,1H3,(H2,23,25,26,27). The van der Waals surface area contributed by atoms with Gasteiger partial charge in [-0.25, -0.2) is 0 Å². The highest BCUT2D eigenvalue weighted by Gasteiger charge is 2.31. The smallest absolute Gasteiger partial charge is 0.349 e. The number of aromatic nitrogens is 3. The first-order chi connectivity index (χ1) is 12.8. The van der Waals surface area contributed by atoms with Crippen LogP contribution in [0, 0.1) is 6.92 Å². The van der Waals surface area contributed by atoms with E-state index in [-0.39, 0.29) is 22.5 Å². The van der Waals surface area contributed by atoms with Crippen LogP contribution in [-0.2, 0) is 12.7 Å². The number of benzene rings is 2. The summed E-state index contributed by atoms with van der Waals surface area (Å²) in [6, 6.07) is 10.9. The van der Waals surface area contributed by atoms with E-state index in [4.69, 9.17) is 11.6 Å². The SMILES string of the molecule is Cc1cccc(CNc2nncc(Nc3cc(C(F)(F)F)ccc3Cl)n2)c1. The molecule has 3 rings (SSSR count). The van der Waals surface area contributed by atoms with Gasteiger partial charge in [0, 0.05) is 6.54 Å². The number of nitrogens with one attached hydrogen (secondary N) is 2. The zero-order chi connectivity index (χ0) is 19.4. The fourth-order valence-corrected chi connectivity index (χ4v) is 2.54. The molecule has 0 atom stereocenters. The summed E-state index contributed by atoms with van der Waals surface area (Å²) in [5, 5.41) is 13.6. The topological polar surface area (TPSA) is 62.7 Å². The first kappa shape index (κ1) is 18.9. The summed E-state index contributed by atoms with van der Waals surface area (Å²) in [6.45, 7) is 2.47. The maximum atomic E-state index is 12.9.